The summed E-state index contributed by atoms with van der Waals surface area (Å²) in [4.78, 5) is 11.6. The van der Waals surface area contributed by atoms with Gasteiger partial charge in [0, 0.05) is 29.9 Å². The zero-order valence-electron chi connectivity index (χ0n) is 15.3. The Morgan fingerprint density at radius 1 is 1.19 bits per heavy atom. The van der Waals surface area contributed by atoms with E-state index in [1.807, 2.05) is 12.1 Å². The number of sulfonamides is 1. The molecule has 2 aromatic rings. The molecule has 1 atom stereocenters. The van der Waals surface area contributed by atoms with Crippen molar-refractivity contribution in [2.45, 2.75) is 31.1 Å². The maximum absolute atomic E-state index is 12.8. The van der Waals surface area contributed by atoms with Crippen molar-refractivity contribution in [3.63, 3.8) is 0 Å². The summed E-state index contributed by atoms with van der Waals surface area (Å²) < 4.78 is 28.3. The van der Waals surface area contributed by atoms with E-state index in [2.05, 4.69) is 15.4 Å². The van der Waals surface area contributed by atoms with Gasteiger partial charge in [-0.2, -0.15) is 0 Å². The molecule has 1 fully saturated rings. The molecule has 0 spiro atoms. The summed E-state index contributed by atoms with van der Waals surface area (Å²) in [5.74, 6) is 0.329. The summed E-state index contributed by atoms with van der Waals surface area (Å²) in [6.45, 7) is 3.86. The number of hydrogen-bond donors (Lipinski definition) is 3. The minimum absolute atomic E-state index is 0. The Balaban J connectivity index is 0.00000261. The van der Waals surface area contributed by atoms with Gasteiger partial charge in [-0.3, -0.25) is 4.79 Å². The second-order valence-corrected chi connectivity index (χ2v) is 8.47. The SMILES string of the molecule is CC(=O)Nc1ccc(S(=O)(=O)NCCC2CCCNC2)c2ccccc12.Cl. The average Bonchev–Trinajstić information content (AvgIpc) is 2.62. The highest BCUT2D eigenvalue weighted by Gasteiger charge is 2.20. The van der Waals surface area contributed by atoms with Crippen molar-refractivity contribution >= 4 is 44.8 Å². The summed E-state index contributed by atoms with van der Waals surface area (Å²) in [6.07, 6.45) is 3.11. The second kappa shape index (κ2) is 9.50. The van der Waals surface area contributed by atoms with Crippen LogP contribution < -0.4 is 15.4 Å². The zero-order chi connectivity index (χ0) is 18.6. The first-order chi connectivity index (χ1) is 12.5. The van der Waals surface area contributed by atoms with Crippen molar-refractivity contribution in [1.29, 1.82) is 0 Å². The average molecular weight is 412 g/mol. The maximum atomic E-state index is 12.8. The van der Waals surface area contributed by atoms with Gasteiger partial charge >= 0.3 is 0 Å². The number of piperidine rings is 1. The molecule has 0 aromatic heterocycles. The van der Waals surface area contributed by atoms with E-state index in [9.17, 15) is 13.2 Å². The van der Waals surface area contributed by atoms with Crippen LogP contribution in [0.2, 0.25) is 0 Å². The minimum Gasteiger partial charge on any atom is -0.326 e. The first-order valence-corrected chi connectivity index (χ1v) is 10.5. The van der Waals surface area contributed by atoms with Crippen molar-refractivity contribution in [3.8, 4) is 0 Å². The van der Waals surface area contributed by atoms with Gasteiger partial charge in [0.05, 0.1) is 4.90 Å². The Bertz CT molecular complexity index is 896. The lowest BCUT2D eigenvalue weighted by atomic mass is 9.96. The van der Waals surface area contributed by atoms with Gasteiger partial charge in [-0.1, -0.05) is 24.3 Å². The van der Waals surface area contributed by atoms with Crippen LogP contribution in [0.1, 0.15) is 26.2 Å². The smallest absolute Gasteiger partial charge is 0.241 e. The molecule has 148 valence electrons. The van der Waals surface area contributed by atoms with Crippen LogP contribution in [0.4, 0.5) is 5.69 Å². The largest absolute Gasteiger partial charge is 0.326 e. The Morgan fingerprint density at radius 2 is 1.93 bits per heavy atom. The van der Waals surface area contributed by atoms with Gasteiger partial charge in [-0.05, 0) is 50.4 Å². The number of anilines is 1. The van der Waals surface area contributed by atoms with E-state index >= 15 is 0 Å². The number of amides is 1. The fourth-order valence-electron chi connectivity index (χ4n) is 3.45. The summed E-state index contributed by atoms with van der Waals surface area (Å²) in [7, 11) is -3.62. The highest BCUT2D eigenvalue weighted by Crippen LogP contribution is 2.29. The predicted molar refractivity (Wildman–Crippen MR) is 111 cm³/mol. The monoisotopic (exact) mass is 411 g/mol. The third-order valence-corrected chi connectivity index (χ3v) is 6.25. The Morgan fingerprint density at radius 3 is 2.59 bits per heavy atom. The Kier molecular flexibility index (Phi) is 7.61. The number of nitrogens with one attached hydrogen (secondary N) is 3. The molecule has 1 aliphatic rings. The fraction of sp³-hybridized carbons (Fsp3) is 0.421. The van der Waals surface area contributed by atoms with Crippen LogP contribution in [0.25, 0.3) is 10.8 Å². The highest BCUT2D eigenvalue weighted by atomic mass is 35.5. The molecule has 6 nitrogen and oxygen atoms in total. The number of carbonyl (C=O) groups is 1. The first-order valence-electron chi connectivity index (χ1n) is 8.97. The van der Waals surface area contributed by atoms with Crippen molar-refractivity contribution in [2.75, 3.05) is 25.0 Å². The maximum Gasteiger partial charge on any atom is 0.241 e. The van der Waals surface area contributed by atoms with E-state index in [-0.39, 0.29) is 23.2 Å². The number of rotatable bonds is 6. The molecule has 1 aliphatic heterocycles. The topological polar surface area (TPSA) is 87.3 Å². The quantitative estimate of drug-likeness (QED) is 0.682. The molecule has 27 heavy (non-hydrogen) atoms. The molecule has 1 unspecified atom stereocenters. The van der Waals surface area contributed by atoms with Gasteiger partial charge in [-0.25, -0.2) is 13.1 Å². The molecule has 2 aromatic carbocycles. The van der Waals surface area contributed by atoms with E-state index in [1.54, 1.807) is 24.3 Å². The lowest BCUT2D eigenvalue weighted by molar-refractivity contribution is -0.114. The molecule has 0 saturated carbocycles. The molecule has 0 radical (unpaired) electrons. The van der Waals surface area contributed by atoms with Crippen LogP contribution >= 0.6 is 12.4 Å². The van der Waals surface area contributed by atoms with Gasteiger partial charge in [0.25, 0.3) is 0 Å². The molecule has 0 aliphatic carbocycles. The number of carbonyl (C=O) groups excluding carboxylic acids is 1. The molecule has 0 bridgehead atoms. The van der Waals surface area contributed by atoms with E-state index in [4.69, 9.17) is 0 Å². The molecular weight excluding hydrogens is 386 g/mol. The summed E-state index contributed by atoms with van der Waals surface area (Å²) >= 11 is 0. The standard InChI is InChI=1S/C19H25N3O3S.ClH/c1-14(23)22-18-8-9-19(17-7-3-2-6-16(17)18)26(24,25)21-12-10-15-5-4-11-20-13-15;/h2-3,6-9,15,20-21H,4-5,10-13H2,1H3,(H,22,23);1H. The van der Waals surface area contributed by atoms with E-state index in [1.165, 1.54) is 6.92 Å². The molecule has 1 amide bonds. The summed E-state index contributed by atoms with van der Waals surface area (Å²) in [5.41, 5.74) is 0.611. The van der Waals surface area contributed by atoms with E-state index in [0.29, 0.717) is 28.9 Å². The fourth-order valence-corrected chi connectivity index (χ4v) is 4.71. The highest BCUT2D eigenvalue weighted by molar-refractivity contribution is 7.89. The summed E-state index contributed by atoms with van der Waals surface area (Å²) in [5, 5.41) is 7.41. The van der Waals surface area contributed by atoms with Crippen molar-refractivity contribution in [1.82, 2.24) is 10.0 Å². The molecule has 3 N–H and O–H groups in total. The Hall–Kier alpha value is -1.67. The Labute approximate surface area is 166 Å². The van der Waals surface area contributed by atoms with Crippen LogP contribution in [0.5, 0.6) is 0 Å². The van der Waals surface area contributed by atoms with Crippen LogP contribution in [-0.2, 0) is 14.8 Å². The zero-order valence-corrected chi connectivity index (χ0v) is 17.0. The number of hydrogen-bond acceptors (Lipinski definition) is 4. The van der Waals surface area contributed by atoms with Gasteiger partial charge < -0.3 is 10.6 Å². The predicted octanol–water partition coefficient (Wildman–Crippen LogP) is 2.89. The van der Waals surface area contributed by atoms with Crippen LogP contribution in [0.3, 0.4) is 0 Å². The lowest BCUT2D eigenvalue weighted by Gasteiger charge is -2.22. The molecule has 1 heterocycles. The third-order valence-electron chi connectivity index (χ3n) is 4.73. The van der Waals surface area contributed by atoms with Crippen LogP contribution in [0, 0.1) is 5.92 Å². The normalized spacial score (nSPS) is 17.3. The van der Waals surface area contributed by atoms with Crippen LogP contribution in [0.15, 0.2) is 41.3 Å². The van der Waals surface area contributed by atoms with Gasteiger partial charge in [0.15, 0.2) is 0 Å². The van der Waals surface area contributed by atoms with Gasteiger partial charge in [0.1, 0.15) is 0 Å². The third kappa shape index (κ3) is 5.42. The van der Waals surface area contributed by atoms with Gasteiger partial charge in [0.2, 0.25) is 15.9 Å². The number of halogens is 1. The van der Waals surface area contributed by atoms with E-state index in [0.717, 1.165) is 32.4 Å². The molecule has 3 rings (SSSR count). The molecular formula is C19H26ClN3O3S. The van der Waals surface area contributed by atoms with Crippen molar-refractivity contribution in [2.24, 2.45) is 5.92 Å². The second-order valence-electron chi connectivity index (χ2n) is 6.74. The summed E-state index contributed by atoms with van der Waals surface area (Å²) in [6, 6.07) is 10.4. The van der Waals surface area contributed by atoms with Crippen LogP contribution in [-0.4, -0.2) is 34.0 Å². The first kappa shape index (κ1) is 21.6. The van der Waals surface area contributed by atoms with Gasteiger partial charge in [-0.15, -0.1) is 12.4 Å². The lowest BCUT2D eigenvalue weighted by Crippen LogP contribution is -2.33. The molecule has 8 heteroatoms. The molecule has 1 saturated heterocycles. The number of fused-ring (bicyclic) bond motifs is 1. The van der Waals surface area contributed by atoms with Crippen molar-refractivity contribution in [3.05, 3.63) is 36.4 Å². The number of benzene rings is 2. The minimum atomic E-state index is -3.62. The van der Waals surface area contributed by atoms with E-state index < -0.39 is 10.0 Å². The van der Waals surface area contributed by atoms with Crippen molar-refractivity contribution < 1.29 is 13.2 Å².